The summed E-state index contributed by atoms with van der Waals surface area (Å²) in [5.74, 6) is -1.19. The molecule has 0 atom stereocenters. The molecule has 0 spiro atoms. The van der Waals surface area contributed by atoms with Gasteiger partial charge in [-0.3, -0.25) is 0 Å². The Kier molecular flexibility index (Phi) is 2.50. The van der Waals surface area contributed by atoms with E-state index in [1.165, 1.54) is 6.07 Å². The highest BCUT2D eigenvalue weighted by molar-refractivity contribution is 7.90. The van der Waals surface area contributed by atoms with E-state index in [2.05, 4.69) is 9.38 Å². The minimum atomic E-state index is -4.28. The van der Waals surface area contributed by atoms with Crippen LogP contribution in [-0.4, -0.2) is 19.5 Å². The zero-order valence-corrected chi connectivity index (χ0v) is 6.95. The summed E-state index contributed by atoms with van der Waals surface area (Å²) in [6.07, 6.45) is 1.91. The molecule has 0 unspecified atom stereocenters. The Morgan fingerprint density at radius 3 is 2.77 bits per heavy atom. The van der Waals surface area contributed by atoms with Gasteiger partial charge < -0.3 is 0 Å². The van der Waals surface area contributed by atoms with Crippen LogP contribution in [0.2, 0.25) is 0 Å². The predicted octanol–water partition coefficient (Wildman–Crippen LogP) is 0.245. The van der Waals surface area contributed by atoms with Crippen molar-refractivity contribution in [3.63, 3.8) is 0 Å². The molecule has 1 aromatic heterocycles. The average Bonchev–Trinajstić information content (AvgIpc) is 2.04. The van der Waals surface area contributed by atoms with Crippen LogP contribution in [0.1, 0.15) is 0 Å². The summed E-state index contributed by atoms with van der Waals surface area (Å²) in [5, 5.41) is 0. The summed E-state index contributed by atoms with van der Waals surface area (Å²) < 4.78 is 37.1. The maximum absolute atomic E-state index is 12.7. The Morgan fingerprint density at radius 2 is 2.23 bits per heavy atom. The topological polar surface area (TPSA) is 76.5 Å². The summed E-state index contributed by atoms with van der Waals surface area (Å²) in [5.41, 5.74) is 0. The molecule has 0 bridgehead atoms. The lowest BCUT2D eigenvalue weighted by Crippen LogP contribution is -2.01. The van der Waals surface area contributed by atoms with Gasteiger partial charge in [-0.25, -0.2) is 9.78 Å². The molecule has 0 aliphatic heterocycles. The minimum absolute atomic E-state index is 0.738. The van der Waals surface area contributed by atoms with Crippen molar-refractivity contribution in [2.45, 2.75) is 4.90 Å². The van der Waals surface area contributed by atoms with Gasteiger partial charge in [0.15, 0.2) is 0 Å². The Hall–Kier alpha value is -1.59. The first-order chi connectivity index (χ1) is 6.08. The molecule has 7 heteroatoms. The molecule has 0 saturated carbocycles. The van der Waals surface area contributed by atoms with Crippen LogP contribution in [-0.2, 0) is 14.8 Å². The smallest absolute Gasteiger partial charge is 0.227 e. The molecule has 0 aliphatic carbocycles. The fourth-order valence-electron chi connectivity index (χ4n) is 0.662. The van der Waals surface area contributed by atoms with E-state index in [0.29, 0.717) is 0 Å². The third-order valence-corrected chi connectivity index (χ3v) is 2.34. The SMILES string of the molecule is O=C=NS(=O)(=O)c1cccnc1F. The zero-order chi connectivity index (χ0) is 9.90. The van der Waals surface area contributed by atoms with Crippen molar-refractivity contribution in [2.24, 2.45) is 4.40 Å². The van der Waals surface area contributed by atoms with E-state index in [4.69, 9.17) is 0 Å². The van der Waals surface area contributed by atoms with Gasteiger partial charge in [-0.05, 0) is 12.1 Å². The maximum Gasteiger partial charge on any atom is 0.297 e. The lowest BCUT2D eigenvalue weighted by Gasteiger charge is -1.95. The molecular weight excluding hydrogens is 199 g/mol. The maximum atomic E-state index is 12.7. The van der Waals surface area contributed by atoms with Crippen LogP contribution >= 0.6 is 0 Å². The highest BCUT2D eigenvalue weighted by Crippen LogP contribution is 2.12. The molecule has 0 aliphatic rings. The minimum Gasteiger partial charge on any atom is -0.227 e. The van der Waals surface area contributed by atoms with E-state index in [1.54, 1.807) is 0 Å². The molecule has 0 radical (unpaired) electrons. The van der Waals surface area contributed by atoms with Gasteiger partial charge in [0, 0.05) is 6.20 Å². The zero-order valence-electron chi connectivity index (χ0n) is 6.14. The first-order valence-electron chi connectivity index (χ1n) is 3.02. The molecule has 1 rings (SSSR count). The van der Waals surface area contributed by atoms with Gasteiger partial charge in [-0.2, -0.15) is 12.8 Å². The van der Waals surface area contributed by atoms with Crippen LogP contribution in [0, 0.1) is 5.95 Å². The molecule has 0 saturated heterocycles. The molecule has 1 heterocycles. The number of isocyanates is 1. The van der Waals surface area contributed by atoms with Crippen molar-refractivity contribution in [2.75, 3.05) is 0 Å². The summed E-state index contributed by atoms with van der Waals surface area (Å²) >= 11 is 0. The van der Waals surface area contributed by atoms with Gasteiger partial charge in [0.25, 0.3) is 16.1 Å². The molecule has 68 valence electrons. The number of sulfonamides is 1. The second-order valence-electron chi connectivity index (χ2n) is 1.95. The fourth-order valence-corrected chi connectivity index (χ4v) is 1.37. The molecule has 0 aromatic carbocycles. The van der Waals surface area contributed by atoms with Crippen LogP contribution in [0.5, 0.6) is 0 Å². The Bertz CT molecular complexity index is 465. The first kappa shape index (κ1) is 9.50. The van der Waals surface area contributed by atoms with Crippen molar-refractivity contribution >= 4 is 16.1 Å². The number of pyridine rings is 1. The van der Waals surface area contributed by atoms with Crippen molar-refractivity contribution in [1.29, 1.82) is 0 Å². The highest BCUT2D eigenvalue weighted by atomic mass is 32.2. The third kappa shape index (κ3) is 1.95. The summed E-state index contributed by atoms with van der Waals surface area (Å²) in [6, 6.07) is 2.18. The van der Waals surface area contributed by atoms with E-state index in [0.717, 1.165) is 18.3 Å². The van der Waals surface area contributed by atoms with E-state index >= 15 is 0 Å². The van der Waals surface area contributed by atoms with E-state index in [1.807, 2.05) is 0 Å². The summed E-state index contributed by atoms with van der Waals surface area (Å²) in [7, 11) is -4.28. The molecular formula is C6H3FN2O3S. The second-order valence-corrected chi connectivity index (χ2v) is 3.52. The fraction of sp³-hybridized carbons (Fsp3) is 0. The van der Waals surface area contributed by atoms with Gasteiger partial charge in [-0.1, -0.05) is 4.40 Å². The largest absolute Gasteiger partial charge is 0.297 e. The molecule has 0 N–H and O–H groups in total. The van der Waals surface area contributed by atoms with E-state index in [-0.39, 0.29) is 0 Å². The number of hydrogen-bond donors (Lipinski definition) is 0. The van der Waals surface area contributed by atoms with Crippen LogP contribution in [0.25, 0.3) is 0 Å². The monoisotopic (exact) mass is 202 g/mol. The molecule has 13 heavy (non-hydrogen) atoms. The predicted molar refractivity (Wildman–Crippen MR) is 39.5 cm³/mol. The van der Waals surface area contributed by atoms with Gasteiger partial charge in [0.1, 0.15) is 4.90 Å². The second kappa shape index (κ2) is 3.42. The van der Waals surface area contributed by atoms with E-state index in [9.17, 15) is 17.6 Å². The van der Waals surface area contributed by atoms with Crippen LogP contribution in [0.15, 0.2) is 27.6 Å². The molecule has 0 fully saturated rings. The number of halogens is 1. The lowest BCUT2D eigenvalue weighted by atomic mass is 10.5. The van der Waals surface area contributed by atoms with Gasteiger partial charge in [0.2, 0.25) is 5.95 Å². The third-order valence-electron chi connectivity index (χ3n) is 1.16. The Morgan fingerprint density at radius 1 is 1.54 bits per heavy atom. The molecule has 5 nitrogen and oxygen atoms in total. The summed E-state index contributed by atoms with van der Waals surface area (Å²) in [6.45, 7) is 0. The number of hydrogen-bond acceptors (Lipinski definition) is 4. The van der Waals surface area contributed by atoms with Gasteiger partial charge in [0.05, 0.1) is 0 Å². The van der Waals surface area contributed by atoms with Crippen molar-refractivity contribution < 1.29 is 17.6 Å². The summed E-state index contributed by atoms with van der Waals surface area (Å²) in [4.78, 5) is 12.0. The average molecular weight is 202 g/mol. The Balaban J connectivity index is 3.39. The first-order valence-corrected chi connectivity index (χ1v) is 4.46. The van der Waals surface area contributed by atoms with E-state index < -0.39 is 20.9 Å². The number of nitrogens with zero attached hydrogens (tertiary/aromatic N) is 2. The number of carbonyl (C=O) groups excluding carboxylic acids is 1. The normalized spacial score (nSPS) is 10.5. The van der Waals surface area contributed by atoms with Gasteiger partial charge >= 0.3 is 0 Å². The van der Waals surface area contributed by atoms with Crippen LogP contribution in [0.3, 0.4) is 0 Å². The number of aromatic nitrogens is 1. The van der Waals surface area contributed by atoms with Crippen LogP contribution < -0.4 is 0 Å². The lowest BCUT2D eigenvalue weighted by molar-refractivity contribution is 0.538. The van der Waals surface area contributed by atoms with Crippen molar-refractivity contribution in [3.8, 4) is 0 Å². The van der Waals surface area contributed by atoms with Crippen molar-refractivity contribution in [3.05, 3.63) is 24.3 Å². The van der Waals surface area contributed by atoms with Crippen LogP contribution in [0.4, 0.5) is 4.39 Å². The molecule has 1 aromatic rings. The number of rotatable bonds is 2. The Labute approximate surface area is 73.0 Å². The molecule has 0 amide bonds. The standard InChI is InChI=1S/C6H3FN2O3S/c7-6-5(2-1-3-8-6)13(11,12)9-4-10/h1-3H. The quantitative estimate of drug-likeness (QED) is 0.391. The van der Waals surface area contributed by atoms with Gasteiger partial charge in [-0.15, -0.1) is 0 Å². The van der Waals surface area contributed by atoms with Crippen molar-refractivity contribution in [1.82, 2.24) is 4.98 Å². The highest BCUT2D eigenvalue weighted by Gasteiger charge is 2.18.